The zero-order chi connectivity index (χ0) is 19.1. The van der Waals surface area contributed by atoms with Crippen LogP contribution in [0.1, 0.15) is 18.4 Å². The fourth-order valence-corrected chi connectivity index (χ4v) is 2.88. The third kappa shape index (κ3) is 4.73. The van der Waals surface area contributed by atoms with E-state index in [0.717, 1.165) is 11.1 Å². The number of likely N-dealkylation sites (tertiary alicyclic amines) is 1. The van der Waals surface area contributed by atoms with Crippen molar-refractivity contribution in [2.45, 2.75) is 19.3 Å². The lowest BCUT2D eigenvalue weighted by Crippen LogP contribution is -2.44. The fraction of sp³-hybridized carbons (Fsp3) is 0.400. The Balaban J connectivity index is 2.00. The van der Waals surface area contributed by atoms with Crippen molar-refractivity contribution in [1.82, 2.24) is 4.90 Å². The standard InChI is InChI=1S/C20H25NO5/c1-5-14(2)16-11-19(22)21(20(23)12-16)9-8-15-6-7-17(26-13-24-3)18(10-15)25-4/h5-7,10,16H,1-2,8-9,11-13H2,3-4H3. The van der Waals surface area contributed by atoms with Crippen LogP contribution in [0.2, 0.25) is 0 Å². The molecule has 26 heavy (non-hydrogen) atoms. The monoisotopic (exact) mass is 359 g/mol. The van der Waals surface area contributed by atoms with E-state index in [1.165, 1.54) is 4.90 Å². The SMILES string of the molecule is C=CC(=C)C1CC(=O)N(CCc2ccc(OCOC)c(OC)c2)C(=O)C1. The quantitative estimate of drug-likeness (QED) is 0.385. The number of piperidine rings is 1. The summed E-state index contributed by atoms with van der Waals surface area (Å²) >= 11 is 0. The summed E-state index contributed by atoms with van der Waals surface area (Å²) in [5, 5.41) is 0. The molecular weight excluding hydrogens is 334 g/mol. The van der Waals surface area contributed by atoms with E-state index in [2.05, 4.69) is 13.2 Å². The van der Waals surface area contributed by atoms with Crippen LogP contribution >= 0.6 is 0 Å². The minimum Gasteiger partial charge on any atom is -0.493 e. The first-order chi connectivity index (χ1) is 12.5. The van der Waals surface area contributed by atoms with Crippen LogP contribution in [0.5, 0.6) is 11.5 Å². The van der Waals surface area contributed by atoms with Crippen LogP contribution in [0.4, 0.5) is 0 Å². The van der Waals surface area contributed by atoms with E-state index in [1.807, 2.05) is 12.1 Å². The molecule has 0 spiro atoms. The van der Waals surface area contributed by atoms with Gasteiger partial charge >= 0.3 is 0 Å². The number of nitrogens with zero attached hydrogens (tertiary/aromatic N) is 1. The number of rotatable bonds is 9. The Bertz CT molecular complexity index is 679. The highest BCUT2D eigenvalue weighted by atomic mass is 16.7. The molecule has 6 nitrogen and oxygen atoms in total. The van der Waals surface area contributed by atoms with Crippen molar-refractivity contribution in [1.29, 1.82) is 0 Å². The molecule has 0 N–H and O–H groups in total. The van der Waals surface area contributed by atoms with Gasteiger partial charge in [-0.15, -0.1) is 0 Å². The summed E-state index contributed by atoms with van der Waals surface area (Å²) in [5.41, 5.74) is 1.69. The molecule has 1 heterocycles. The lowest BCUT2D eigenvalue weighted by Gasteiger charge is -2.30. The normalized spacial score (nSPS) is 15.1. The molecular formula is C20H25NO5. The van der Waals surface area contributed by atoms with Crippen LogP contribution in [0.3, 0.4) is 0 Å². The molecule has 1 fully saturated rings. The number of allylic oxidation sites excluding steroid dienone is 2. The van der Waals surface area contributed by atoms with Gasteiger partial charge in [0.1, 0.15) is 0 Å². The molecule has 1 saturated heterocycles. The predicted octanol–water partition coefficient (Wildman–Crippen LogP) is 2.73. The molecule has 0 saturated carbocycles. The molecule has 0 bridgehead atoms. The maximum atomic E-state index is 12.3. The molecule has 1 aliphatic rings. The van der Waals surface area contributed by atoms with Gasteiger partial charge < -0.3 is 14.2 Å². The average Bonchev–Trinajstić information content (AvgIpc) is 2.65. The summed E-state index contributed by atoms with van der Waals surface area (Å²) < 4.78 is 15.6. The highest BCUT2D eigenvalue weighted by Crippen LogP contribution is 2.29. The van der Waals surface area contributed by atoms with Gasteiger partial charge in [-0.2, -0.15) is 0 Å². The Morgan fingerprint density at radius 3 is 2.50 bits per heavy atom. The third-order valence-corrected chi connectivity index (χ3v) is 4.42. The van der Waals surface area contributed by atoms with Crippen LogP contribution in [0.25, 0.3) is 0 Å². The largest absolute Gasteiger partial charge is 0.493 e. The van der Waals surface area contributed by atoms with Crippen molar-refractivity contribution >= 4 is 11.8 Å². The number of carbonyl (C=O) groups is 2. The van der Waals surface area contributed by atoms with Gasteiger partial charge in [0.15, 0.2) is 18.3 Å². The number of methoxy groups -OCH3 is 2. The van der Waals surface area contributed by atoms with Crippen molar-refractivity contribution in [2.24, 2.45) is 5.92 Å². The number of amides is 2. The lowest BCUT2D eigenvalue weighted by atomic mass is 9.89. The topological polar surface area (TPSA) is 65.1 Å². The molecule has 0 aromatic heterocycles. The number of benzene rings is 1. The second-order valence-electron chi connectivity index (χ2n) is 6.11. The van der Waals surface area contributed by atoms with Gasteiger partial charge in [-0.05, 0) is 24.1 Å². The summed E-state index contributed by atoms with van der Waals surface area (Å²) in [7, 11) is 3.10. The number of ether oxygens (including phenoxy) is 3. The zero-order valence-electron chi connectivity index (χ0n) is 15.3. The molecule has 0 atom stereocenters. The van der Waals surface area contributed by atoms with Crippen LogP contribution < -0.4 is 9.47 Å². The van der Waals surface area contributed by atoms with Gasteiger partial charge in [0, 0.05) is 32.4 Å². The molecule has 1 aromatic rings. The van der Waals surface area contributed by atoms with Crippen LogP contribution in [0, 0.1) is 5.92 Å². The first-order valence-corrected chi connectivity index (χ1v) is 8.43. The van der Waals surface area contributed by atoms with E-state index >= 15 is 0 Å². The van der Waals surface area contributed by atoms with Crippen LogP contribution in [-0.2, 0) is 20.7 Å². The fourth-order valence-electron chi connectivity index (χ4n) is 2.88. The van der Waals surface area contributed by atoms with Crippen LogP contribution in [0.15, 0.2) is 43.0 Å². The van der Waals surface area contributed by atoms with Crippen molar-refractivity contribution in [3.63, 3.8) is 0 Å². The van der Waals surface area contributed by atoms with Gasteiger partial charge in [0.2, 0.25) is 11.8 Å². The van der Waals surface area contributed by atoms with E-state index in [9.17, 15) is 9.59 Å². The highest BCUT2D eigenvalue weighted by Gasteiger charge is 2.32. The number of carbonyl (C=O) groups excluding carboxylic acids is 2. The van der Waals surface area contributed by atoms with Crippen molar-refractivity contribution in [2.75, 3.05) is 27.6 Å². The van der Waals surface area contributed by atoms with Gasteiger partial charge in [0.25, 0.3) is 0 Å². The molecule has 2 amide bonds. The molecule has 2 rings (SSSR count). The van der Waals surface area contributed by atoms with Crippen molar-refractivity contribution in [3.8, 4) is 11.5 Å². The molecule has 0 radical (unpaired) electrons. The van der Waals surface area contributed by atoms with E-state index in [-0.39, 0.29) is 24.5 Å². The highest BCUT2D eigenvalue weighted by molar-refractivity contribution is 5.98. The second kappa shape index (κ2) is 9.20. The predicted molar refractivity (Wildman–Crippen MR) is 98.0 cm³/mol. The Labute approximate surface area is 154 Å². The van der Waals surface area contributed by atoms with E-state index in [1.54, 1.807) is 26.4 Å². The molecule has 6 heteroatoms. The van der Waals surface area contributed by atoms with Gasteiger partial charge in [0.05, 0.1) is 7.11 Å². The summed E-state index contributed by atoms with van der Waals surface area (Å²) in [6.45, 7) is 7.98. The zero-order valence-corrected chi connectivity index (χ0v) is 15.3. The Morgan fingerprint density at radius 2 is 1.92 bits per heavy atom. The number of hydrogen-bond acceptors (Lipinski definition) is 5. The Hall–Kier alpha value is -2.60. The number of imide groups is 1. The summed E-state index contributed by atoms with van der Waals surface area (Å²) in [6, 6.07) is 5.51. The molecule has 140 valence electrons. The smallest absolute Gasteiger partial charge is 0.229 e. The van der Waals surface area contributed by atoms with E-state index in [0.29, 0.717) is 37.3 Å². The summed E-state index contributed by atoms with van der Waals surface area (Å²) in [4.78, 5) is 26.0. The molecule has 1 aliphatic heterocycles. The number of hydrogen-bond donors (Lipinski definition) is 0. The second-order valence-corrected chi connectivity index (χ2v) is 6.11. The average molecular weight is 359 g/mol. The van der Waals surface area contributed by atoms with Crippen molar-refractivity contribution < 1.29 is 23.8 Å². The summed E-state index contributed by atoms with van der Waals surface area (Å²) in [5.74, 6) is 0.691. The molecule has 1 aromatic carbocycles. The third-order valence-electron chi connectivity index (χ3n) is 4.42. The minimum absolute atomic E-state index is 0.129. The maximum absolute atomic E-state index is 12.3. The van der Waals surface area contributed by atoms with E-state index < -0.39 is 0 Å². The molecule has 0 unspecified atom stereocenters. The maximum Gasteiger partial charge on any atom is 0.229 e. The van der Waals surface area contributed by atoms with E-state index in [4.69, 9.17) is 14.2 Å². The first-order valence-electron chi connectivity index (χ1n) is 8.43. The van der Waals surface area contributed by atoms with Crippen LogP contribution in [-0.4, -0.2) is 44.3 Å². The van der Waals surface area contributed by atoms with Gasteiger partial charge in [-0.3, -0.25) is 14.5 Å². The van der Waals surface area contributed by atoms with Gasteiger partial charge in [-0.1, -0.05) is 30.9 Å². The minimum atomic E-state index is -0.165. The lowest BCUT2D eigenvalue weighted by molar-refractivity contribution is -0.149. The first kappa shape index (κ1) is 19.7. The molecule has 0 aliphatic carbocycles. The van der Waals surface area contributed by atoms with Gasteiger partial charge in [-0.25, -0.2) is 0 Å². The summed E-state index contributed by atoms with van der Waals surface area (Å²) in [6.07, 6.45) is 2.75. The Morgan fingerprint density at radius 1 is 1.23 bits per heavy atom. The van der Waals surface area contributed by atoms with Crippen molar-refractivity contribution in [3.05, 3.63) is 48.6 Å². The Kier molecular flexibility index (Phi) is 6.97.